The second-order valence-corrected chi connectivity index (χ2v) is 5.47. The van der Waals surface area contributed by atoms with Crippen molar-refractivity contribution in [1.82, 2.24) is 4.90 Å². The van der Waals surface area contributed by atoms with Crippen molar-refractivity contribution in [2.75, 3.05) is 26.9 Å². The van der Waals surface area contributed by atoms with Crippen LogP contribution >= 0.6 is 0 Å². The van der Waals surface area contributed by atoms with Gasteiger partial charge in [0.25, 0.3) is 5.91 Å². The smallest absolute Gasteiger partial charge is 0.260 e. The van der Waals surface area contributed by atoms with Gasteiger partial charge in [0.2, 0.25) is 5.91 Å². The molecular formula is C19H22N2O4. The summed E-state index contributed by atoms with van der Waals surface area (Å²) >= 11 is 0. The summed E-state index contributed by atoms with van der Waals surface area (Å²) in [6, 6.07) is 16.1. The molecule has 0 aliphatic carbocycles. The Hall–Kier alpha value is -2.86. The fourth-order valence-electron chi connectivity index (χ4n) is 2.25. The van der Waals surface area contributed by atoms with Crippen molar-refractivity contribution < 1.29 is 19.1 Å². The molecular weight excluding hydrogens is 320 g/mol. The van der Waals surface area contributed by atoms with E-state index in [2.05, 4.69) is 0 Å². The molecule has 6 nitrogen and oxygen atoms in total. The van der Waals surface area contributed by atoms with Gasteiger partial charge in [-0.15, -0.1) is 0 Å². The van der Waals surface area contributed by atoms with Crippen LogP contribution in [0.3, 0.4) is 0 Å². The van der Waals surface area contributed by atoms with Gasteiger partial charge in [0.15, 0.2) is 6.61 Å². The molecule has 2 amide bonds. The summed E-state index contributed by atoms with van der Waals surface area (Å²) in [5.41, 5.74) is 6.63. The lowest BCUT2D eigenvalue weighted by molar-refractivity contribution is -0.134. The summed E-state index contributed by atoms with van der Waals surface area (Å²) in [7, 11) is 1.60. The van der Waals surface area contributed by atoms with Crippen molar-refractivity contribution in [3.05, 3.63) is 65.7 Å². The van der Waals surface area contributed by atoms with Gasteiger partial charge in [0, 0.05) is 25.8 Å². The van der Waals surface area contributed by atoms with E-state index in [9.17, 15) is 9.59 Å². The van der Waals surface area contributed by atoms with E-state index in [4.69, 9.17) is 15.2 Å². The SMILES string of the molecule is COCCN(Cc1ccccc1)C(=O)COc1ccc(C(N)=O)cc1. The van der Waals surface area contributed by atoms with Crippen LogP contribution in [0, 0.1) is 0 Å². The molecule has 25 heavy (non-hydrogen) atoms. The van der Waals surface area contributed by atoms with Crippen LogP contribution < -0.4 is 10.5 Å². The molecule has 0 aliphatic rings. The summed E-state index contributed by atoms with van der Waals surface area (Å²) < 4.78 is 10.6. The molecule has 0 atom stereocenters. The van der Waals surface area contributed by atoms with Crippen LogP contribution in [0.4, 0.5) is 0 Å². The van der Waals surface area contributed by atoms with Crippen LogP contribution in [0.1, 0.15) is 15.9 Å². The molecule has 132 valence electrons. The van der Waals surface area contributed by atoms with Gasteiger partial charge in [-0.2, -0.15) is 0 Å². The summed E-state index contributed by atoms with van der Waals surface area (Å²) in [6.45, 7) is 1.33. The van der Waals surface area contributed by atoms with E-state index in [1.165, 1.54) is 0 Å². The second kappa shape index (κ2) is 9.44. The molecule has 0 bridgehead atoms. The minimum absolute atomic E-state index is 0.0908. The number of nitrogens with zero attached hydrogens (tertiary/aromatic N) is 1. The van der Waals surface area contributed by atoms with Crippen molar-refractivity contribution in [3.8, 4) is 5.75 Å². The van der Waals surface area contributed by atoms with Crippen molar-refractivity contribution in [2.24, 2.45) is 5.73 Å². The third-order valence-electron chi connectivity index (χ3n) is 3.64. The zero-order chi connectivity index (χ0) is 18.1. The summed E-state index contributed by atoms with van der Waals surface area (Å²) in [5.74, 6) is -0.138. The maximum Gasteiger partial charge on any atom is 0.260 e. The number of hydrogen-bond acceptors (Lipinski definition) is 4. The number of rotatable bonds is 9. The Labute approximate surface area is 147 Å². The molecule has 0 spiro atoms. The number of ether oxygens (including phenoxy) is 2. The van der Waals surface area contributed by atoms with Crippen molar-refractivity contribution in [1.29, 1.82) is 0 Å². The zero-order valence-electron chi connectivity index (χ0n) is 14.2. The number of methoxy groups -OCH3 is 1. The predicted octanol–water partition coefficient (Wildman–Crippen LogP) is 1.84. The number of nitrogens with two attached hydrogens (primary N) is 1. The van der Waals surface area contributed by atoms with Gasteiger partial charge in [-0.25, -0.2) is 0 Å². The highest BCUT2D eigenvalue weighted by Gasteiger charge is 2.14. The summed E-state index contributed by atoms with van der Waals surface area (Å²) in [6.07, 6.45) is 0. The minimum atomic E-state index is -0.503. The zero-order valence-corrected chi connectivity index (χ0v) is 14.2. The average molecular weight is 342 g/mol. The molecule has 0 aliphatic heterocycles. The van der Waals surface area contributed by atoms with Gasteiger partial charge < -0.3 is 20.1 Å². The Balaban J connectivity index is 1.95. The fourth-order valence-corrected chi connectivity index (χ4v) is 2.25. The standard InChI is InChI=1S/C19H22N2O4/c1-24-12-11-21(13-15-5-3-2-4-6-15)18(22)14-25-17-9-7-16(8-10-17)19(20)23/h2-10H,11-14H2,1H3,(H2,20,23). The maximum absolute atomic E-state index is 12.5. The van der Waals surface area contributed by atoms with Gasteiger partial charge in [-0.1, -0.05) is 30.3 Å². The highest BCUT2D eigenvalue weighted by atomic mass is 16.5. The average Bonchev–Trinajstić information content (AvgIpc) is 2.64. The first-order chi connectivity index (χ1) is 12.1. The van der Waals surface area contributed by atoms with E-state index < -0.39 is 5.91 Å². The normalized spacial score (nSPS) is 10.3. The molecule has 0 radical (unpaired) electrons. The van der Waals surface area contributed by atoms with Gasteiger partial charge in [-0.05, 0) is 29.8 Å². The Morgan fingerprint density at radius 1 is 1.04 bits per heavy atom. The van der Waals surface area contributed by atoms with Crippen molar-refractivity contribution in [3.63, 3.8) is 0 Å². The van der Waals surface area contributed by atoms with Gasteiger partial charge in [0.05, 0.1) is 6.61 Å². The van der Waals surface area contributed by atoms with E-state index in [1.807, 2.05) is 30.3 Å². The van der Waals surface area contributed by atoms with Crippen LogP contribution in [-0.2, 0) is 16.1 Å². The molecule has 0 saturated carbocycles. The molecule has 2 aromatic rings. The Kier molecular flexibility index (Phi) is 6.98. The topological polar surface area (TPSA) is 81.9 Å². The highest BCUT2D eigenvalue weighted by molar-refractivity contribution is 5.92. The molecule has 0 aromatic heterocycles. The Morgan fingerprint density at radius 2 is 1.72 bits per heavy atom. The third kappa shape index (κ3) is 5.93. The van der Waals surface area contributed by atoms with E-state index in [0.717, 1.165) is 5.56 Å². The van der Waals surface area contributed by atoms with Crippen LogP contribution in [0.15, 0.2) is 54.6 Å². The summed E-state index contributed by atoms with van der Waals surface area (Å²) in [5, 5.41) is 0. The molecule has 0 saturated heterocycles. The Morgan fingerprint density at radius 3 is 2.32 bits per heavy atom. The van der Waals surface area contributed by atoms with E-state index in [1.54, 1.807) is 36.3 Å². The number of primary amides is 1. The number of benzene rings is 2. The van der Waals surface area contributed by atoms with Crippen LogP contribution in [0.5, 0.6) is 5.75 Å². The first kappa shape index (κ1) is 18.5. The van der Waals surface area contributed by atoms with Gasteiger partial charge >= 0.3 is 0 Å². The largest absolute Gasteiger partial charge is 0.484 e. The molecule has 0 unspecified atom stereocenters. The molecule has 2 aromatic carbocycles. The van der Waals surface area contributed by atoms with Crippen molar-refractivity contribution >= 4 is 11.8 Å². The van der Waals surface area contributed by atoms with E-state index in [-0.39, 0.29) is 12.5 Å². The predicted molar refractivity (Wildman–Crippen MR) is 94.2 cm³/mol. The molecule has 0 fully saturated rings. The second-order valence-electron chi connectivity index (χ2n) is 5.47. The molecule has 0 heterocycles. The number of carbonyl (C=O) groups excluding carboxylic acids is 2. The highest BCUT2D eigenvalue weighted by Crippen LogP contribution is 2.12. The lowest BCUT2D eigenvalue weighted by Gasteiger charge is -2.22. The minimum Gasteiger partial charge on any atom is -0.484 e. The van der Waals surface area contributed by atoms with Crippen LogP contribution in [0.2, 0.25) is 0 Å². The van der Waals surface area contributed by atoms with Crippen LogP contribution in [0.25, 0.3) is 0 Å². The molecule has 2 N–H and O–H groups in total. The monoisotopic (exact) mass is 342 g/mol. The molecule has 6 heteroatoms. The van der Waals surface area contributed by atoms with E-state index >= 15 is 0 Å². The quantitative estimate of drug-likeness (QED) is 0.754. The molecule has 2 rings (SSSR count). The van der Waals surface area contributed by atoms with Crippen molar-refractivity contribution in [2.45, 2.75) is 6.54 Å². The fraction of sp³-hybridized carbons (Fsp3) is 0.263. The first-order valence-electron chi connectivity index (χ1n) is 7.93. The lowest BCUT2D eigenvalue weighted by Crippen LogP contribution is -2.36. The number of amides is 2. The first-order valence-corrected chi connectivity index (χ1v) is 7.93. The van der Waals surface area contributed by atoms with Gasteiger partial charge in [0.1, 0.15) is 5.75 Å². The van der Waals surface area contributed by atoms with Gasteiger partial charge in [-0.3, -0.25) is 9.59 Å². The Bertz CT molecular complexity index is 686. The van der Waals surface area contributed by atoms with Crippen LogP contribution in [-0.4, -0.2) is 43.6 Å². The lowest BCUT2D eigenvalue weighted by atomic mass is 10.2. The summed E-state index contributed by atoms with van der Waals surface area (Å²) in [4.78, 5) is 25.2. The maximum atomic E-state index is 12.5. The van der Waals surface area contributed by atoms with E-state index in [0.29, 0.717) is 31.0 Å². The third-order valence-corrected chi connectivity index (χ3v) is 3.64. The number of carbonyl (C=O) groups is 2. The number of hydrogen-bond donors (Lipinski definition) is 1.